The Kier molecular flexibility index (Phi) is 4.50. The van der Waals surface area contributed by atoms with Gasteiger partial charge in [-0.05, 0) is 37.3 Å². The van der Waals surface area contributed by atoms with Crippen molar-refractivity contribution in [2.75, 3.05) is 11.4 Å². The van der Waals surface area contributed by atoms with E-state index in [0.717, 1.165) is 15.7 Å². The van der Waals surface area contributed by atoms with Gasteiger partial charge in [-0.1, -0.05) is 39.9 Å². The van der Waals surface area contributed by atoms with E-state index in [1.165, 1.54) is 16.7 Å². The lowest BCUT2D eigenvalue weighted by Crippen LogP contribution is -2.29. The van der Waals surface area contributed by atoms with Crippen LogP contribution in [0, 0.1) is 0 Å². The molecule has 0 radical (unpaired) electrons. The van der Waals surface area contributed by atoms with Gasteiger partial charge in [-0.15, -0.1) is 0 Å². The van der Waals surface area contributed by atoms with Gasteiger partial charge in [0.15, 0.2) is 0 Å². The lowest BCUT2D eigenvalue weighted by Gasteiger charge is -2.13. The molecule has 0 N–H and O–H groups in total. The number of hydrogen-bond acceptors (Lipinski definition) is 5. The molecule has 2 aromatic rings. The Hall–Kier alpha value is -1.90. The maximum atomic E-state index is 13.0. The molecule has 0 bridgehead atoms. The van der Waals surface area contributed by atoms with Crippen LogP contribution in [0.15, 0.2) is 50.4 Å². The van der Waals surface area contributed by atoms with E-state index in [2.05, 4.69) is 15.9 Å². The van der Waals surface area contributed by atoms with Crippen molar-refractivity contribution in [3.63, 3.8) is 0 Å². The first-order valence-electron chi connectivity index (χ1n) is 7.93. The highest BCUT2D eigenvalue weighted by atomic mass is 79.9. The van der Waals surface area contributed by atoms with E-state index in [-0.39, 0.29) is 18.4 Å². The van der Waals surface area contributed by atoms with Crippen molar-refractivity contribution in [2.45, 2.75) is 13.5 Å². The Morgan fingerprint density at radius 2 is 2.00 bits per heavy atom. The van der Waals surface area contributed by atoms with Crippen LogP contribution in [0.1, 0.15) is 18.2 Å². The third-order valence-corrected chi connectivity index (χ3v) is 6.21. The number of rotatable bonds is 3. The second kappa shape index (κ2) is 6.68. The van der Waals surface area contributed by atoms with E-state index < -0.39 is 0 Å². The number of anilines is 1. The van der Waals surface area contributed by atoms with Gasteiger partial charge in [0.1, 0.15) is 10.1 Å². The van der Waals surface area contributed by atoms with Gasteiger partial charge in [0, 0.05) is 16.6 Å². The van der Waals surface area contributed by atoms with Crippen molar-refractivity contribution in [1.29, 1.82) is 0 Å². The van der Waals surface area contributed by atoms with E-state index in [1.54, 1.807) is 23.3 Å². The fourth-order valence-electron chi connectivity index (χ4n) is 3.08. The summed E-state index contributed by atoms with van der Waals surface area (Å²) in [5.74, 6) is 0.214. The number of halogens is 1. The number of amides is 2. The SMILES string of the molecule is CCN1C(=O)/C(=C2/SC(=S)N(Cc3ccco3)C2=O)c2cc(Br)ccc21. The van der Waals surface area contributed by atoms with Gasteiger partial charge in [0.25, 0.3) is 11.8 Å². The van der Waals surface area contributed by atoms with Gasteiger partial charge in [0.2, 0.25) is 0 Å². The van der Waals surface area contributed by atoms with E-state index >= 15 is 0 Å². The molecule has 1 fully saturated rings. The predicted octanol–water partition coefficient (Wildman–Crippen LogP) is 4.18. The zero-order valence-corrected chi connectivity index (χ0v) is 16.9. The topological polar surface area (TPSA) is 53.8 Å². The third-order valence-electron chi connectivity index (χ3n) is 4.26. The fourth-order valence-corrected chi connectivity index (χ4v) is 4.77. The van der Waals surface area contributed by atoms with Crippen LogP contribution >= 0.6 is 39.9 Å². The summed E-state index contributed by atoms with van der Waals surface area (Å²) in [5, 5.41) is 0. The molecule has 2 amide bonds. The summed E-state index contributed by atoms with van der Waals surface area (Å²) in [6, 6.07) is 9.20. The summed E-state index contributed by atoms with van der Waals surface area (Å²) in [4.78, 5) is 29.5. The maximum absolute atomic E-state index is 13.0. The Labute approximate surface area is 168 Å². The molecular formula is C18H13BrN2O3S2. The van der Waals surface area contributed by atoms with Gasteiger partial charge in [-0.2, -0.15) is 0 Å². The summed E-state index contributed by atoms with van der Waals surface area (Å²) < 4.78 is 6.60. The number of nitrogens with zero attached hydrogens (tertiary/aromatic N) is 2. The molecule has 132 valence electrons. The van der Waals surface area contributed by atoms with E-state index in [9.17, 15) is 9.59 Å². The molecule has 0 unspecified atom stereocenters. The molecule has 0 saturated carbocycles. The summed E-state index contributed by atoms with van der Waals surface area (Å²) in [6.45, 7) is 2.70. The van der Waals surface area contributed by atoms with Crippen molar-refractivity contribution in [3.05, 3.63) is 57.3 Å². The minimum Gasteiger partial charge on any atom is -0.467 e. The summed E-state index contributed by atoms with van der Waals surface area (Å²) in [5.41, 5.74) is 1.99. The molecule has 5 nitrogen and oxygen atoms in total. The molecule has 3 heterocycles. The first kappa shape index (κ1) is 17.5. The average molecular weight is 449 g/mol. The van der Waals surface area contributed by atoms with Crippen LogP contribution in [0.4, 0.5) is 5.69 Å². The number of fused-ring (bicyclic) bond motifs is 1. The van der Waals surface area contributed by atoms with Crippen LogP contribution in [0.5, 0.6) is 0 Å². The van der Waals surface area contributed by atoms with E-state index in [0.29, 0.717) is 27.1 Å². The standard InChI is InChI=1S/C18H13BrN2O3S2/c1-2-20-13-6-5-10(19)8-12(13)14(16(20)22)15-17(23)21(18(25)26-15)9-11-4-3-7-24-11/h3-8H,2,9H2,1H3/b15-14+. The Balaban J connectivity index is 1.79. The molecule has 0 atom stereocenters. The number of thiocarbonyl (C=S) groups is 1. The van der Waals surface area contributed by atoms with Gasteiger partial charge in [0.05, 0.1) is 29.0 Å². The molecule has 1 aromatic carbocycles. The predicted molar refractivity (Wildman–Crippen MR) is 109 cm³/mol. The molecule has 2 aliphatic rings. The van der Waals surface area contributed by atoms with E-state index in [4.69, 9.17) is 16.6 Å². The van der Waals surface area contributed by atoms with E-state index in [1.807, 2.05) is 25.1 Å². The average Bonchev–Trinajstić information content (AvgIpc) is 3.28. The Morgan fingerprint density at radius 3 is 2.69 bits per heavy atom. The Bertz CT molecular complexity index is 969. The van der Waals surface area contributed by atoms with Crippen molar-refractivity contribution >= 4 is 67.3 Å². The van der Waals surface area contributed by atoms with Crippen LogP contribution in [-0.4, -0.2) is 27.6 Å². The lowest BCUT2D eigenvalue weighted by molar-refractivity contribution is -0.123. The first-order valence-corrected chi connectivity index (χ1v) is 9.95. The normalized spacial score (nSPS) is 19.7. The number of likely N-dealkylation sites (N-methyl/N-ethyl adjacent to an activating group) is 1. The maximum Gasteiger partial charge on any atom is 0.267 e. The molecule has 26 heavy (non-hydrogen) atoms. The summed E-state index contributed by atoms with van der Waals surface area (Å²) in [7, 11) is 0. The van der Waals surface area contributed by atoms with Gasteiger partial charge in [-0.3, -0.25) is 14.5 Å². The van der Waals surface area contributed by atoms with Crippen LogP contribution < -0.4 is 4.90 Å². The monoisotopic (exact) mass is 448 g/mol. The Morgan fingerprint density at radius 1 is 1.19 bits per heavy atom. The number of benzene rings is 1. The third kappa shape index (κ3) is 2.72. The second-order valence-electron chi connectivity index (χ2n) is 5.75. The molecule has 0 spiro atoms. The highest BCUT2D eigenvalue weighted by molar-refractivity contribution is 9.10. The minimum absolute atomic E-state index is 0.168. The van der Waals surface area contributed by atoms with Gasteiger partial charge in [-0.25, -0.2) is 0 Å². The van der Waals surface area contributed by atoms with Crippen LogP contribution in [-0.2, 0) is 16.1 Å². The summed E-state index contributed by atoms with van der Waals surface area (Å²) in [6.07, 6.45) is 1.55. The molecule has 1 saturated heterocycles. The number of thioether (sulfide) groups is 1. The van der Waals surface area contributed by atoms with Gasteiger partial charge < -0.3 is 9.32 Å². The number of furan rings is 1. The highest BCUT2D eigenvalue weighted by Crippen LogP contribution is 2.45. The number of carbonyl (C=O) groups is 2. The quantitative estimate of drug-likeness (QED) is 0.520. The minimum atomic E-state index is -0.261. The van der Waals surface area contributed by atoms with Crippen LogP contribution in [0.2, 0.25) is 0 Å². The smallest absolute Gasteiger partial charge is 0.267 e. The molecule has 2 aliphatic heterocycles. The molecule has 0 aliphatic carbocycles. The zero-order valence-electron chi connectivity index (χ0n) is 13.7. The molecule has 4 rings (SSSR count). The van der Waals surface area contributed by atoms with Crippen molar-refractivity contribution in [1.82, 2.24) is 4.90 Å². The highest BCUT2D eigenvalue weighted by Gasteiger charge is 2.41. The molecular weight excluding hydrogens is 436 g/mol. The lowest BCUT2D eigenvalue weighted by atomic mass is 10.1. The largest absolute Gasteiger partial charge is 0.467 e. The number of hydrogen-bond donors (Lipinski definition) is 0. The second-order valence-corrected chi connectivity index (χ2v) is 8.31. The van der Waals surface area contributed by atoms with Crippen molar-refractivity contribution in [2.24, 2.45) is 0 Å². The summed E-state index contributed by atoms with van der Waals surface area (Å²) >= 11 is 10.0. The van der Waals surface area contributed by atoms with Crippen LogP contribution in [0.3, 0.4) is 0 Å². The molecule has 8 heteroatoms. The van der Waals surface area contributed by atoms with Crippen molar-refractivity contribution in [3.8, 4) is 0 Å². The first-order chi connectivity index (χ1) is 12.5. The fraction of sp³-hybridized carbons (Fsp3) is 0.167. The zero-order chi connectivity index (χ0) is 18.4. The van der Waals surface area contributed by atoms with Crippen LogP contribution in [0.25, 0.3) is 5.57 Å². The molecule has 1 aromatic heterocycles. The van der Waals surface area contributed by atoms with Gasteiger partial charge >= 0.3 is 0 Å². The van der Waals surface area contributed by atoms with Crippen molar-refractivity contribution < 1.29 is 14.0 Å². The number of carbonyl (C=O) groups excluding carboxylic acids is 2.